The number of benzene rings is 2. The van der Waals surface area contributed by atoms with E-state index >= 15 is 0 Å². The normalized spacial score (nSPS) is 11.9. The van der Waals surface area contributed by atoms with E-state index in [1.807, 2.05) is 59.5 Å². The first-order valence-electron chi connectivity index (χ1n) is 6.83. The fraction of sp³-hybridized carbons (Fsp3) is 0.235. The second-order valence-corrected chi connectivity index (χ2v) is 5.52. The standard InChI is InChI=1S/C17H18ClNO2/c1-13(17(20)21)11-19(12-14-6-3-2-4-7-14)16-9-5-8-15(18)10-16/h2-10,13H,11-12H2,1H3,(H,20,21). The van der Waals surface area contributed by atoms with Crippen LogP contribution >= 0.6 is 11.6 Å². The maximum absolute atomic E-state index is 11.1. The summed E-state index contributed by atoms with van der Waals surface area (Å²) in [7, 11) is 0. The molecule has 0 amide bonds. The van der Waals surface area contributed by atoms with Gasteiger partial charge in [0, 0.05) is 23.8 Å². The molecule has 0 saturated heterocycles. The summed E-state index contributed by atoms with van der Waals surface area (Å²) in [4.78, 5) is 13.2. The van der Waals surface area contributed by atoms with Crippen molar-refractivity contribution in [2.75, 3.05) is 11.4 Å². The molecule has 4 heteroatoms. The van der Waals surface area contributed by atoms with Gasteiger partial charge >= 0.3 is 5.97 Å². The number of hydrogen-bond donors (Lipinski definition) is 1. The number of aliphatic carboxylic acids is 1. The van der Waals surface area contributed by atoms with Crippen LogP contribution in [0, 0.1) is 5.92 Å². The van der Waals surface area contributed by atoms with E-state index in [1.54, 1.807) is 6.92 Å². The summed E-state index contributed by atoms with van der Waals surface area (Å²) in [5.74, 6) is -1.25. The Morgan fingerprint density at radius 3 is 2.52 bits per heavy atom. The Morgan fingerprint density at radius 1 is 1.19 bits per heavy atom. The fourth-order valence-electron chi connectivity index (χ4n) is 2.15. The van der Waals surface area contributed by atoms with Crippen LogP contribution in [0.3, 0.4) is 0 Å². The van der Waals surface area contributed by atoms with Crippen molar-refractivity contribution in [3.05, 3.63) is 65.2 Å². The summed E-state index contributed by atoms with van der Waals surface area (Å²) in [6, 6.07) is 17.5. The molecule has 0 radical (unpaired) electrons. The summed E-state index contributed by atoms with van der Waals surface area (Å²) < 4.78 is 0. The molecule has 0 aromatic heterocycles. The largest absolute Gasteiger partial charge is 0.481 e. The van der Waals surface area contributed by atoms with E-state index < -0.39 is 11.9 Å². The molecule has 0 aliphatic heterocycles. The van der Waals surface area contributed by atoms with Crippen LogP contribution in [0.2, 0.25) is 5.02 Å². The number of carboxylic acid groups (broad SMARTS) is 1. The molecule has 2 aromatic carbocycles. The van der Waals surface area contributed by atoms with Gasteiger partial charge in [0.2, 0.25) is 0 Å². The van der Waals surface area contributed by atoms with Crippen LogP contribution in [-0.2, 0) is 11.3 Å². The minimum absolute atomic E-state index is 0.435. The Kier molecular flexibility index (Phi) is 5.23. The highest BCUT2D eigenvalue weighted by molar-refractivity contribution is 6.30. The van der Waals surface area contributed by atoms with Crippen molar-refractivity contribution in [2.45, 2.75) is 13.5 Å². The van der Waals surface area contributed by atoms with Gasteiger partial charge in [-0.2, -0.15) is 0 Å². The number of carboxylic acids is 1. The maximum atomic E-state index is 11.1. The molecule has 0 saturated carbocycles. The zero-order valence-electron chi connectivity index (χ0n) is 11.9. The molecule has 1 unspecified atom stereocenters. The van der Waals surface area contributed by atoms with Gasteiger partial charge in [-0.05, 0) is 23.8 Å². The Labute approximate surface area is 129 Å². The second kappa shape index (κ2) is 7.14. The first-order valence-corrected chi connectivity index (χ1v) is 7.21. The molecule has 0 aliphatic rings. The van der Waals surface area contributed by atoms with Gasteiger partial charge in [0.15, 0.2) is 0 Å². The molecule has 1 N–H and O–H groups in total. The summed E-state index contributed by atoms with van der Waals surface area (Å²) in [6.07, 6.45) is 0. The van der Waals surface area contributed by atoms with Gasteiger partial charge in [-0.3, -0.25) is 4.79 Å². The summed E-state index contributed by atoms with van der Waals surface area (Å²) in [5.41, 5.74) is 2.06. The van der Waals surface area contributed by atoms with Gasteiger partial charge in [0.1, 0.15) is 0 Å². The van der Waals surface area contributed by atoms with Gasteiger partial charge < -0.3 is 10.0 Å². The Balaban J connectivity index is 2.23. The van der Waals surface area contributed by atoms with E-state index in [-0.39, 0.29) is 0 Å². The average molecular weight is 304 g/mol. The summed E-state index contributed by atoms with van der Waals surface area (Å²) in [5, 5.41) is 9.79. The van der Waals surface area contributed by atoms with Crippen LogP contribution in [0.15, 0.2) is 54.6 Å². The maximum Gasteiger partial charge on any atom is 0.308 e. The molecule has 21 heavy (non-hydrogen) atoms. The molecule has 3 nitrogen and oxygen atoms in total. The zero-order chi connectivity index (χ0) is 15.2. The van der Waals surface area contributed by atoms with Crippen molar-refractivity contribution < 1.29 is 9.90 Å². The lowest BCUT2D eigenvalue weighted by Crippen LogP contribution is -2.31. The highest BCUT2D eigenvalue weighted by atomic mass is 35.5. The first kappa shape index (κ1) is 15.4. The van der Waals surface area contributed by atoms with Crippen LogP contribution in [0.5, 0.6) is 0 Å². The Bertz CT molecular complexity index is 601. The molecule has 2 rings (SSSR count). The van der Waals surface area contributed by atoms with E-state index in [1.165, 1.54) is 0 Å². The third-order valence-electron chi connectivity index (χ3n) is 3.31. The first-order chi connectivity index (χ1) is 10.1. The van der Waals surface area contributed by atoms with E-state index in [4.69, 9.17) is 16.7 Å². The number of carbonyl (C=O) groups is 1. The van der Waals surface area contributed by atoms with Crippen LogP contribution in [-0.4, -0.2) is 17.6 Å². The number of nitrogens with zero attached hydrogens (tertiary/aromatic N) is 1. The number of hydrogen-bond acceptors (Lipinski definition) is 2. The lowest BCUT2D eigenvalue weighted by Gasteiger charge is -2.27. The molecule has 0 aliphatic carbocycles. The minimum atomic E-state index is -0.796. The zero-order valence-corrected chi connectivity index (χ0v) is 12.6. The van der Waals surface area contributed by atoms with Crippen molar-refractivity contribution in [2.24, 2.45) is 5.92 Å². The Hall–Kier alpha value is -2.00. The smallest absolute Gasteiger partial charge is 0.308 e. The third-order valence-corrected chi connectivity index (χ3v) is 3.54. The van der Waals surface area contributed by atoms with Gasteiger partial charge in [0.05, 0.1) is 5.92 Å². The summed E-state index contributed by atoms with van der Waals surface area (Å²) >= 11 is 6.05. The molecule has 2 aromatic rings. The van der Waals surface area contributed by atoms with E-state index in [9.17, 15) is 4.79 Å². The molecule has 0 fully saturated rings. The molecular weight excluding hydrogens is 286 g/mol. The second-order valence-electron chi connectivity index (χ2n) is 5.09. The predicted octanol–water partition coefficient (Wildman–Crippen LogP) is 4.07. The van der Waals surface area contributed by atoms with Crippen molar-refractivity contribution >= 4 is 23.3 Å². The number of halogens is 1. The highest BCUT2D eigenvalue weighted by Gasteiger charge is 2.17. The predicted molar refractivity (Wildman–Crippen MR) is 85.7 cm³/mol. The van der Waals surface area contributed by atoms with Crippen LogP contribution in [0.1, 0.15) is 12.5 Å². The van der Waals surface area contributed by atoms with Crippen LogP contribution < -0.4 is 4.90 Å². The van der Waals surface area contributed by atoms with Crippen molar-refractivity contribution in [1.29, 1.82) is 0 Å². The quantitative estimate of drug-likeness (QED) is 0.874. The average Bonchev–Trinajstić information content (AvgIpc) is 2.47. The van der Waals surface area contributed by atoms with Crippen LogP contribution in [0.25, 0.3) is 0 Å². The molecule has 0 spiro atoms. The number of anilines is 1. The molecule has 0 bridgehead atoms. The molecule has 1 atom stereocenters. The summed E-state index contributed by atoms with van der Waals surface area (Å²) in [6.45, 7) is 2.80. The fourth-order valence-corrected chi connectivity index (χ4v) is 2.33. The minimum Gasteiger partial charge on any atom is -0.481 e. The van der Waals surface area contributed by atoms with Crippen LogP contribution in [0.4, 0.5) is 5.69 Å². The van der Waals surface area contributed by atoms with Gasteiger partial charge in [-0.15, -0.1) is 0 Å². The SMILES string of the molecule is CC(CN(Cc1ccccc1)c1cccc(Cl)c1)C(=O)O. The highest BCUT2D eigenvalue weighted by Crippen LogP contribution is 2.22. The van der Waals surface area contributed by atoms with Crippen molar-refractivity contribution in [3.8, 4) is 0 Å². The lowest BCUT2D eigenvalue weighted by molar-refractivity contribution is -0.140. The van der Waals surface area contributed by atoms with E-state index in [0.29, 0.717) is 18.1 Å². The number of rotatable bonds is 6. The lowest BCUT2D eigenvalue weighted by atomic mass is 10.1. The van der Waals surface area contributed by atoms with Gasteiger partial charge in [0.25, 0.3) is 0 Å². The third kappa shape index (κ3) is 4.50. The van der Waals surface area contributed by atoms with Gasteiger partial charge in [-0.25, -0.2) is 0 Å². The molecular formula is C17H18ClNO2. The van der Waals surface area contributed by atoms with Crippen molar-refractivity contribution in [3.63, 3.8) is 0 Å². The topological polar surface area (TPSA) is 40.5 Å². The van der Waals surface area contributed by atoms with E-state index in [0.717, 1.165) is 11.3 Å². The van der Waals surface area contributed by atoms with Crippen molar-refractivity contribution in [1.82, 2.24) is 0 Å². The Morgan fingerprint density at radius 2 is 1.90 bits per heavy atom. The monoisotopic (exact) mass is 303 g/mol. The molecule has 0 heterocycles. The van der Waals surface area contributed by atoms with E-state index in [2.05, 4.69) is 0 Å². The molecule has 110 valence electrons. The van der Waals surface area contributed by atoms with Gasteiger partial charge in [-0.1, -0.05) is 54.9 Å².